The molecule has 0 radical (unpaired) electrons. The second-order valence-electron chi connectivity index (χ2n) is 7.14. The number of nitrogens with one attached hydrogen (secondary N) is 2. The number of carboxylic acid groups (broad SMARTS) is 2. The molecule has 0 aliphatic heterocycles. The first kappa shape index (κ1) is 28.2. The number of hydrogen-bond donors (Lipinski definition) is 3. The minimum absolute atomic E-state index is 0. The first-order valence-electron chi connectivity index (χ1n) is 9.69. The number of hydrogen-bond acceptors (Lipinski definition) is 3. The molecule has 0 fully saturated rings. The van der Waals surface area contributed by atoms with E-state index in [1.54, 1.807) is 30.5 Å². The molecule has 0 unspecified atom stereocenters. The van der Waals surface area contributed by atoms with E-state index in [9.17, 15) is 14.7 Å². The Morgan fingerprint density at radius 2 is 1.38 bits per heavy atom. The Kier molecular flexibility index (Phi) is 11.0. The predicted molar refractivity (Wildman–Crippen MR) is 129 cm³/mol. The van der Waals surface area contributed by atoms with E-state index >= 15 is 0 Å². The Labute approximate surface area is 236 Å². The molecule has 170 valence electrons. The van der Waals surface area contributed by atoms with Crippen molar-refractivity contribution < 1.29 is 49.4 Å². The Bertz CT molecular complexity index is 1250. The van der Waals surface area contributed by atoms with Crippen LogP contribution < -0.4 is 34.7 Å². The summed E-state index contributed by atoms with van der Waals surface area (Å²) in [5.74, 6) is -2.16. The van der Waals surface area contributed by atoms with Crippen molar-refractivity contribution in [2.45, 2.75) is 12.8 Å². The molecule has 6 nitrogen and oxygen atoms in total. The summed E-state index contributed by atoms with van der Waals surface area (Å²) < 4.78 is 0.659. The number of carboxylic acids is 2. The van der Waals surface area contributed by atoms with Crippen LogP contribution in [-0.2, 0) is 12.8 Å². The third kappa shape index (κ3) is 8.34. The average Bonchev–Trinajstić information content (AvgIpc) is 3.39. The van der Waals surface area contributed by atoms with Gasteiger partial charge in [-0.15, -0.1) is 0 Å². The fraction of sp³-hybridized carbons (Fsp3) is 0.0833. The van der Waals surface area contributed by atoms with Gasteiger partial charge in [0.1, 0.15) is 5.69 Å². The van der Waals surface area contributed by atoms with Crippen LogP contribution in [0.15, 0.2) is 71.5 Å². The van der Waals surface area contributed by atoms with E-state index < -0.39 is 11.9 Å². The molecule has 4 rings (SSSR count). The molecule has 2 aromatic heterocycles. The molecule has 0 aliphatic rings. The van der Waals surface area contributed by atoms with Gasteiger partial charge in [-0.1, -0.05) is 47.5 Å². The van der Waals surface area contributed by atoms with Gasteiger partial charge in [0.2, 0.25) is 0 Å². The molecule has 0 spiro atoms. The van der Waals surface area contributed by atoms with Crippen molar-refractivity contribution in [2.24, 2.45) is 0 Å². The van der Waals surface area contributed by atoms with Crippen LogP contribution >= 0.6 is 39.1 Å². The summed E-state index contributed by atoms with van der Waals surface area (Å²) in [5, 5.41) is 20.8. The second-order valence-corrected chi connectivity index (χ2v) is 8.81. The maximum Gasteiger partial charge on any atom is 1.00 e. The van der Waals surface area contributed by atoms with Crippen molar-refractivity contribution in [1.82, 2.24) is 9.97 Å². The fourth-order valence-corrected chi connectivity index (χ4v) is 3.76. The van der Waals surface area contributed by atoms with Gasteiger partial charge in [0.25, 0.3) is 0 Å². The average molecular weight is 572 g/mol. The van der Waals surface area contributed by atoms with Gasteiger partial charge in [0, 0.05) is 22.7 Å². The van der Waals surface area contributed by atoms with Crippen molar-refractivity contribution in [3.05, 3.63) is 115 Å². The summed E-state index contributed by atoms with van der Waals surface area (Å²) in [5.41, 5.74) is 4.25. The number of aromatic nitrogens is 2. The number of rotatable bonds is 6. The maximum absolute atomic E-state index is 10.7. The summed E-state index contributed by atoms with van der Waals surface area (Å²) in [6, 6.07) is 18.1. The van der Waals surface area contributed by atoms with E-state index in [1.165, 1.54) is 0 Å². The Hall–Kier alpha value is -2.00. The molecule has 0 bridgehead atoms. The summed E-state index contributed by atoms with van der Waals surface area (Å²) in [7, 11) is 0. The second kappa shape index (κ2) is 13.2. The molecule has 0 aliphatic carbocycles. The number of carbonyl (C=O) groups is 2. The van der Waals surface area contributed by atoms with Gasteiger partial charge in [0.05, 0.1) is 16.3 Å². The van der Waals surface area contributed by atoms with E-state index in [-0.39, 0.29) is 40.9 Å². The number of benzene rings is 2. The van der Waals surface area contributed by atoms with Crippen LogP contribution in [-0.4, -0.2) is 27.0 Å². The summed E-state index contributed by atoms with van der Waals surface area (Å²) in [4.78, 5) is 26.8. The standard InChI is InChI=1S/C12H9BrClNO2.C12H10ClNO2.Na/c13-11-8(6-10(15-11)12(16)17)5-7-1-3-9(14)4-2-7;13-10-3-1-8(2-4-10)5-9-6-11(12(15)16)14-7-9;/h1-4,6,15H,5H2,(H,16,17);1-4,6-7,14H,5H2,(H,15,16);/q;;+1/p-1. The van der Waals surface area contributed by atoms with Gasteiger partial charge in [-0.05, 0) is 81.0 Å². The first-order chi connectivity index (χ1) is 15.7. The number of halogens is 3. The molecule has 10 heteroatoms. The molecular formula is C24H18BrCl2N2NaO4. The first-order valence-corrected chi connectivity index (χ1v) is 11.2. The van der Waals surface area contributed by atoms with Gasteiger partial charge >= 0.3 is 35.5 Å². The van der Waals surface area contributed by atoms with Crippen LogP contribution in [0.1, 0.15) is 43.2 Å². The molecular weight excluding hydrogens is 554 g/mol. The Morgan fingerprint density at radius 3 is 1.82 bits per heavy atom. The summed E-state index contributed by atoms with van der Waals surface area (Å²) in [6.07, 6.45) is 3.03. The molecule has 34 heavy (non-hydrogen) atoms. The molecule has 4 aromatic rings. The molecule has 0 amide bonds. The summed E-state index contributed by atoms with van der Waals surface area (Å²) >= 11 is 14.9. The van der Waals surface area contributed by atoms with Crippen LogP contribution in [0.3, 0.4) is 0 Å². The van der Waals surface area contributed by atoms with E-state index in [1.807, 2.05) is 36.4 Å². The molecule has 0 atom stereocenters. The largest absolute Gasteiger partial charge is 1.00 e. The molecule has 0 saturated heterocycles. The predicted octanol–water partition coefficient (Wildman–Crippen LogP) is 2.35. The number of H-pyrrole nitrogens is 2. The van der Waals surface area contributed by atoms with Crippen molar-refractivity contribution in [2.75, 3.05) is 0 Å². The van der Waals surface area contributed by atoms with Crippen LogP contribution in [0.2, 0.25) is 10.0 Å². The van der Waals surface area contributed by atoms with Crippen LogP contribution in [0.5, 0.6) is 0 Å². The maximum atomic E-state index is 10.7. The SMILES string of the molecule is O=C(O)c1cc(Cc2ccc(Cl)cc2)c[nH]1.O=C([O-])c1cc(Cc2ccc(Cl)cc2)c(Br)[nH]1.[Na+]. The molecule has 0 saturated carbocycles. The fourth-order valence-electron chi connectivity index (χ4n) is 3.04. The molecule has 2 aromatic carbocycles. The smallest absolute Gasteiger partial charge is 0.543 e. The monoisotopic (exact) mass is 570 g/mol. The van der Waals surface area contributed by atoms with E-state index in [0.717, 1.165) is 22.3 Å². The van der Waals surface area contributed by atoms with Crippen LogP contribution in [0, 0.1) is 0 Å². The van der Waals surface area contributed by atoms with Gasteiger partial charge < -0.3 is 25.0 Å². The van der Waals surface area contributed by atoms with Crippen molar-refractivity contribution in [1.29, 1.82) is 0 Å². The minimum atomic E-state index is -1.21. The van der Waals surface area contributed by atoms with E-state index in [4.69, 9.17) is 28.3 Å². The van der Waals surface area contributed by atoms with Crippen molar-refractivity contribution in [3.8, 4) is 0 Å². The zero-order valence-corrected chi connectivity index (χ0v) is 23.2. The quantitative estimate of drug-likeness (QED) is 0.309. The van der Waals surface area contributed by atoms with Crippen LogP contribution in [0.4, 0.5) is 0 Å². The Morgan fingerprint density at radius 1 is 0.853 bits per heavy atom. The van der Waals surface area contributed by atoms with Gasteiger partial charge in [-0.25, -0.2) is 4.79 Å². The number of aromatic amines is 2. The van der Waals surface area contributed by atoms with Gasteiger partial charge in [0.15, 0.2) is 0 Å². The Balaban J connectivity index is 0.000000234. The minimum Gasteiger partial charge on any atom is -0.543 e. The molecule has 2 heterocycles. The van der Waals surface area contributed by atoms with Crippen molar-refractivity contribution >= 4 is 51.1 Å². The normalized spacial score (nSPS) is 10.1. The zero-order valence-electron chi connectivity index (χ0n) is 18.1. The van der Waals surface area contributed by atoms with Gasteiger partial charge in [-0.3, -0.25) is 0 Å². The van der Waals surface area contributed by atoms with E-state index in [0.29, 0.717) is 27.5 Å². The summed E-state index contributed by atoms with van der Waals surface area (Å²) in [6.45, 7) is 0. The third-order valence-corrected chi connectivity index (χ3v) is 5.88. The van der Waals surface area contributed by atoms with Crippen molar-refractivity contribution in [3.63, 3.8) is 0 Å². The zero-order chi connectivity index (χ0) is 24.0. The number of carbonyl (C=O) groups excluding carboxylic acids is 1. The topological polar surface area (TPSA) is 109 Å². The number of aromatic carboxylic acids is 2. The third-order valence-electron chi connectivity index (χ3n) is 4.67. The molecule has 3 N–H and O–H groups in total. The van der Waals surface area contributed by atoms with Gasteiger partial charge in [-0.2, -0.15) is 0 Å². The van der Waals surface area contributed by atoms with Crippen LogP contribution in [0.25, 0.3) is 0 Å². The van der Waals surface area contributed by atoms with E-state index in [2.05, 4.69) is 25.9 Å².